The van der Waals surface area contributed by atoms with Crippen LogP contribution in [-0.2, 0) is 14.8 Å². The molecule has 1 amide bonds. The van der Waals surface area contributed by atoms with E-state index in [2.05, 4.69) is 15.0 Å². The molecular formula is C16H25ClN4O3S. The lowest BCUT2D eigenvalue weighted by molar-refractivity contribution is -0.123. The molecule has 7 nitrogen and oxygen atoms in total. The van der Waals surface area contributed by atoms with E-state index < -0.39 is 16.1 Å². The summed E-state index contributed by atoms with van der Waals surface area (Å²) >= 11 is 0. The Bertz CT molecular complexity index is 737. The van der Waals surface area contributed by atoms with Crippen LogP contribution in [0.4, 0.5) is 0 Å². The zero-order valence-corrected chi connectivity index (χ0v) is 16.0. The number of hydrogen-bond donors (Lipinski definition) is 3. The van der Waals surface area contributed by atoms with Crippen LogP contribution in [0, 0.1) is 0 Å². The number of nitrogens with one attached hydrogen (secondary N) is 2. The smallest absolute Gasteiger partial charge is 0.263 e. The van der Waals surface area contributed by atoms with E-state index >= 15 is 0 Å². The summed E-state index contributed by atoms with van der Waals surface area (Å²) in [6, 6.07) is 5.80. The molecule has 2 rings (SSSR count). The third kappa shape index (κ3) is 5.17. The number of hydrogen-bond acceptors (Lipinski definition) is 5. The van der Waals surface area contributed by atoms with Gasteiger partial charge in [0.15, 0.2) is 0 Å². The van der Waals surface area contributed by atoms with Crippen molar-refractivity contribution in [2.45, 2.75) is 50.1 Å². The highest BCUT2D eigenvalue weighted by atomic mass is 35.5. The first-order valence-corrected chi connectivity index (χ1v) is 9.57. The van der Waals surface area contributed by atoms with Crippen molar-refractivity contribution in [3.8, 4) is 0 Å². The molecule has 0 aromatic heterocycles. The minimum atomic E-state index is -3.61. The summed E-state index contributed by atoms with van der Waals surface area (Å²) in [4.78, 5) is 17.0. The van der Waals surface area contributed by atoms with E-state index in [9.17, 15) is 13.2 Å². The number of amides is 1. The molecular weight excluding hydrogens is 364 g/mol. The molecule has 25 heavy (non-hydrogen) atoms. The van der Waals surface area contributed by atoms with Crippen LogP contribution in [-0.4, -0.2) is 38.8 Å². The van der Waals surface area contributed by atoms with Crippen LogP contribution in [0.1, 0.15) is 38.7 Å². The molecule has 1 aromatic carbocycles. The van der Waals surface area contributed by atoms with Crippen LogP contribution in [0.25, 0.3) is 0 Å². The predicted molar refractivity (Wildman–Crippen MR) is 101 cm³/mol. The molecule has 0 bridgehead atoms. The molecule has 1 aliphatic heterocycles. The molecule has 1 aliphatic rings. The van der Waals surface area contributed by atoms with Crippen molar-refractivity contribution < 1.29 is 13.2 Å². The zero-order chi connectivity index (χ0) is 17.7. The lowest BCUT2D eigenvalue weighted by Crippen LogP contribution is -2.43. The first-order chi connectivity index (χ1) is 11.4. The summed E-state index contributed by atoms with van der Waals surface area (Å²) < 4.78 is 26.7. The maximum atomic E-state index is 12.4. The topological polar surface area (TPSA) is 114 Å². The van der Waals surface area contributed by atoms with Gasteiger partial charge in [0.05, 0.1) is 4.90 Å². The third-order valence-corrected chi connectivity index (χ3v) is 5.22. The number of nitrogens with zero attached hydrogens (tertiary/aromatic N) is 1. The largest absolute Gasteiger partial charge is 0.351 e. The molecule has 1 aromatic rings. The van der Waals surface area contributed by atoms with E-state index in [0.29, 0.717) is 18.5 Å². The van der Waals surface area contributed by atoms with Gasteiger partial charge in [-0.2, -0.15) is 0 Å². The van der Waals surface area contributed by atoms with Gasteiger partial charge < -0.3 is 11.1 Å². The van der Waals surface area contributed by atoms with Gasteiger partial charge in [-0.25, -0.2) is 8.42 Å². The molecule has 1 unspecified atom stereocenters. The van der Waals surface area contributed by atoms with Gasteiger partial charge in [-0.05, 0) is 25.5 Å². The molecule has 0 fully saturated rings. The van der Waals surface area contributed by atoms with Crippen LogP contribution in [0.3, 0.4) is 0 Å². The molecule has 0 radical (unpaired) electrons. The number of carbonyl (C=O) groups is 1. The average Bonchev–Trinajstić information content (AvgIpc) is 2.82. The number of benzene rings is 1. The number of rotatable bonds is 7. The minimum Gasteiger partial charge on any atom is -0.351 e. The molecule has 1 heterocycles. The molecule has 140 valence electrons. The number of unbranched alkanes of at least 4 members (excludes halogenated alkanes) is 1. The predicted octanol–water partition coefficient (Wildman–Crippen LogP) is 1.17. The Morgan fingerprint density at radius 1 is 1.36 bits per heavy atom. The summed E-state index contributed by atoms with van der Waals surface area (Å²) in [5.74, 6) is -0.0141. The number of aliphatic imine (C=N–C) groups is 1. The Labute approximate surface area is 154 Å². The molecule has 0 saturated heterocycles. The second kappa shape index (κ2) is 9.17. The number of sulfonamides is 1. The van der Waals surface area contributed by atoms with Gasteiger partial charge in [0.1, 0.15) is 11.9 Å². The van der Waals surface area contributed by atoms with Gasteiger partial charge in [-0.3, -0.25) is 14.5 Å². The fraction of sp³-hybridized carbons (Fsp3) is 0.500. The van der Waals surface area contributed by atoms with Crippen molar-refractivity contribution in [1.82, 2.24) is 10.0 Å². The maximum absolute atomic E-state index is 12.4. The summed E-state index contributed by atoms with van der Waals surface area (Å²) in [5.41, 5.74) is 6.04. The van der Waals surface area contributed by atoms with E-state index in [1.807, 2.05) is 13.8 Å². The van der Waals surface area contributed by atoms with Gasteiger partial charge in [0.25, 0.3) is 10.0 Å². The quantitative estimate of drug-likeness (QED) is 0.650. The van der Waals surface area contributed by atoms with E-state index in [0.717, 1.165) is 12.8 Å². The van der Waals surface area contributed by atoms with Crippen LogP contribution in [0.15, 0.2) is 34.2 Å². The standard InChI is InChI=1S/C16H24N4O3S.ClH/c1-3-4-8-13(16(21)18-11(2)10-17)19-15-12-7-5-6-9-14(12)24(22,23)20-15;/h5-7,9,11,13H,3-4,8,10,17H2,1-2H3,(H,18,21)(H,19,20);1H/t11-,13?;/m0./s1. The second-order valence-electron chi connectivity index (χ2n) is 5.88. The monoisotopic (exact) mass is 388 g/mol. The maximum Gasteiger partial charge on any atom is 0.263 e. The molecule has 0 spiro atoms. The summed E-state index contributed by atoms with van der Waals surface area (Å²) in [6.45, 7) is 4.17. The third-order valence-electron chi connectivity index (χ3n) is 3.82. The van der Waals surface area contributed by atoms with Gasteiger partial charge in [0.2, 0.25) is 5.91 Å². The highest BCUT2D eigenvalue weighted by Gasteiger charge is 2.31. The lowest BCUT2D eigenvalue weighted by Gasteiger charge is -2.17. The van der Waals surface area contributed by atoms with Crippen LogP contribution in [0.2, 0.25) is 0 Å². The number of nitrogens with two attached hydrogens (primary N) is 1. The Hall–Kier alpha value is -1.64. The van der Waals surface area contributed by atoms with Crippen LogP contribution >= 0.6 is 12.4 Å². The SMILES string of the molecule is CCCCC(N=C1NS(=O)(=O)c2ccccc21)C(=O)N[C@@H](C)CN.Cl. The van der Waals surface area contributed by atoms with Crippen molar-refractivity contribution in [1.29, 1.82) is 0 Å². The van der Waals surface area contributed by atoms with Crippen molar-refractivity contribution >= 4 is 34.2 Å². The first kappa shape index (κ1) is 21.4. The number of halogens is 1. The Balaban J connectivity index is 0.00000312. The summed E-state index contributed by atoms with van der Waals surface area (Å²) in [5, 5.41) is 2.81. The molecule has 2 atom stereocenters. The molecule has 4 N–H and O–H groups in total. The van der Waals surface area contributed by atoms with Gasteiger partial charge in [-0.15, -0.1) is 12.4 Å². The van der Waals surface area contributed by atoms with Crippen LogP contribution < -0.4 is 15.8 Å². The molecule has 0 saturated carbocycles. The zero-order valence-electron chi connectivity index (χ0n) is 14.4. The van der Waals surface area contributed by atoms with E-state index in [1.54, 1.807) is 18.2 Å². The number of fused-ring (bicyclic) bond motifs is 1. The van der Waals surface area contributed by atoms with E-state index in [4.69, 9.17) is 5.73 Å². The first-order valence-electron chi connectivity index (χ1n) is 8.09. The number of carbonyl (C=O) groups excluding carboxylic acids is 1. The van der Waals surface area contributed by atoms with Crippen LogP contribution in [0.5, 0.6) is 0 Å². The average molecular weight is 389 g/mol. The van der Waals surface area contributed by atoms with E-state index in [-0.39, 0.29) is 35.1 Å². The van der Waals surface area contributed by atoms with Gasteiger partial charge in [0, 0.05) is 18.2 Å². The highest BCUT2D eigenvalue weighted by molar-refractivity contribution is 7.90. The lowest BCUT2D eigenvalue weighted by atomic mass is 10.1. The Morgan fingerprint density at radius 2 is 2.04 bits per heavy atom. The van der Waals surface area contributed by atoms with Crippen molar-refractivity contribution in [3.05, 3.63) is 29.8 Å². The Morgan fingerprint density at radius 3 is 2.68 bits per heavy atom. The van der Waals surface area contributed by atoms with Gasteiger partial charge >= 0.3 is 0 Å². The highest BCUT2D eigenvalue weighted by Crippen LogP contribution is 2.23. The van der Waals surface area contributed by atoms with Crippen molar-refractivity contribution in [3.63, 3.8) is 0 Å². The van der Waals surface area contributed by atoms with Crippen molar-refractivity contribution in [2.75, 3.05) is 6.54 Å². The van der Waals surface area contributed by atoms with E-state index in [1.165, 1.54) is 6.07 Å². The summed E-state index contributed by atoms with van der Waals surface area (Å²) in [6.07, 6.45) is 2.29. The fourth-order valence-electron chi connectivity index (χ4n) is 2.44. The Kier molecular flexibility index (Phi) is 7.85. The fourth-order valence-corrected chi connectivity index (χ4v) is 3.67. The summed E-state index contributed by atoms with van der Waals surface area (Å²) in [7, 11) is -3.61. The normalized spacial score (nSPS) is 18.6. The number of amidine groups is 1. The molecule has 0 aliphatic carbocycles. The van der Waals surface area contributed by atoms with Crippen molar-refractivity contribution in [2.24, 2.45) is 10.7 Å². The van der Waals surface area contributed by atoms with Gasteiger partial charge in [-0.1, -0.05) is 31.9 Å². The minimum absolute atomic E-state index is 0. The molecule has 9 heteroatoms. The second-order valence-corrected chi connectivity index (χ2v) is 7.53.